The van der Waals surface area contributed by atoms with Crippen LogP contribution in [0.25, 0.3) is 0 Å². The topological polar surface area (TPSA) is 89.5 Å². The van der Waals surface area contributed by atoms with Gasteiger partial charge in [-0.05, 0) is 98.7 Å². The van der Waals surface area contributed by atoms with Crippen molar-refractivity contribution in [3.05, 3.63) is 0 Å². The van der Waals surface area contributed by atoms with Crippen molar-refractivity contribution in [3.8, 4) is 0 Å². The Labute approximate surface area is 245 Å². The minimum atomic E-state index is -0.828. The van der Waals surface area contributed by atoms with Gasteiger partial charge in [0.05, 0.1) is 7.11 Å². The maximum absolute atomic E-state index is 12.5. The number of rotatable bonds is 5. The molecule has 5 aliphatic carbocycles. The van der Waals surface area contributed by atoms with E-state index in [-0.39, 0.29) is 28.9 Å². The molecule has 8 nitrogen and oxygen atoms in total. The van der Waals surface area contributed by atoms with Crippen LogP contribution >= 0.6 is 0 Å². The Morgan fingerprint density at radius 3 is 2.27 bits per heavy atom. The second-order valence-corrected chi connectivity index (χ2v) is 15.1. The molecule has 0 aromatic heterocycles. The third-order valence-electron chi connectivity index (χ3n) is 13.1. The summed E-state index contributed by atoms with van der Waals surface area (Å²) in [6, 6.07) is 0. The average molecular weight is 577 g/mol. The van der Waals surface area contributed by atoms with Gasteiger partial charge in [-0.25, -0.2) is 0 Å². The first-order chi connectivity index (χ1) is 19.5. The molecule has 0 bridgehead atoms. The number of esters is 2. The Bertz CT molecular complexity index is 982. The Balaban J connectivity index is 1.19. The summed E-state index contributed by atoms with van der Waals surface area (Å²) < 4.78 is 11.2. The van der Waals surface area contributed by atoms with Crippen LogP contribution in [-0.4, -0.2) is 36.7 Å². The molecule has 0 N–H and O–H groups in total. The van der Waals surface area contributed by atoms with Gasteiger partial charge in [-0.2, -0.15) is 19.6 Å². The van der Waals surface area contributed by atoms with E-state index in [9.17, 15) is 9.59 Å². The molecule has 6 aliphatic rings. The molecule has 6 fully saturated rings. The summed E-state index contributed by atoms with van der Waals surface area (Å²) >= 11 is 0. The molecule has 0 aromatic rings. The molecule has 0 unspecified atom stereocenters. The fourth-order valence-electron chi connectivity index (χ4n) is 10.9. The SMILES string of the molecule is COC(=O)CC[C@@H](C)[C@H]1CC[C@H]2[C@@H]3CC[C@@H]4CC5(CC[C@]4(C)[C@H]3C[C@H](OC(C)=O)[C@]12C)OOC1(CCCCC1)OO5. The molecule has 5 saturated carbocycles. The van der Waals surface area contributed by atoms with E-state index in [0.717, 1.165) is 70.6 Å². The van der Waals surface area contributed by atoms with Gasteiger partial charge in [0.2, 0.25) is 11.6 Å². The maximum atomic E-state index is 12.5. The fourth-order valence-corrected chi connectivity index (χ4v) is 10.9. The molecule has 0 amide bonds. The van der Waals surface area contributed by atoms with E-state index in [1.807, 2.05) is 0 Å². The molecule has 0 radical (unpaired) electrons. The molecule has 8 heteroatoms. The van der Waals surface area contributed by atoms with E-state index >= 15 is 0 Å². The minimum absolute atomic E-state index is 0.0763. The highest BCUT2D eigenvalue weighted by molar-refractivity contribution is 5.69. The second kappa shape index (κ2) is 11.0. The number of fused-ring (bicyclic) bond motifs is 5. The lowest BCUT2D eigenvalue weighted by Crippen LogP contribution is -2.62. The van der Waals surface area contributed by atoms with Gasteiger partial charge < -0.3 is 9.47 Å². The lowest BCUT2D eigenvalue weighted by Gasteiger charge is -2.63. The number of carbonyl (C=O) groups excluding carboxylic acids is 2. The van der Waals surface area contributed by atoms with Gasteiger partial charge in [-0.3, -0.25) is 9.59 Å². The van der Waals surface area contributed by atoms with Gasteiger partial charge in [-0.1, -0.05) is 27.2 Å². The van der Waals surface area contributed by atoms with Crippen molar-refractivity contribution in [2.24, 2.45) is 46.3 Å². The zero-order valence-corrected chi connectivity index (χ0v) is 25.9. The Morgan fingerprint density at radius 2 is 1.59 bits per heavy atom. The smallest absolute Gasteiger partial charge is 0.305 e. The van der Waals surface area contributed by atoms with Crippen LogP contribution < -0.4 is 0 Å². The lowest BCUT2D eigenvalue weighted by molar-refractivity contribution is -0.665. The van der Waals surface area contributed by atoms with Gasteiger partial charge in [0.25, 0.3) is 0 Å². The molecule has 2 spiro atoms. The zero-order valence-electron chi connectivity index (χ0n) is 25.9. The van der Waals surface area contributed by atoms with E-state index in [2.05, 4.69) is 20.8 Å². The van der Waals surface area contributed by atoms with Crippen LogP contribution in [0, 0.1) is 46.3 Å². The highest BCUT2D eigenvalue weighted by atomic mass is 17.4. The maximum Gasteiger partial charge on any atom is 0.305 e. The van der Waals surface area contributed by atoms with Crippen LogP contribution in [0.1, 0.15) is 124 Å². The van der Waals surface area contributed by atoms with Crippen LogP contribution in [0.3, 0.4) is 0 Å². The largest absolute Gasteiger partial charge is 0.469 e. The van der Waals surface area contributed by atoms with E-state index in [1.165, 1.54) is 26.4 Å². The molecule has 9 atom stereocenters. The van der Waals surface area contributed by atoms with Crippen molar-refractivity contribution >= 4 is 11.9 Å². The zero-order chi connectivity index (χ0) is 29.0. The van der Waals surface area contributed by atoms with Crippen LogP contribution in [0.2, 0.25) is 0 Å². The first-order valence-electron chi connectivity index (χ1n) is 16.5. The summed E-state index contributed by atoms with van der Waals surface area (Å²) in [6.45, 7) is 8.72. The van der Waals surface area contributed by atoms with Crippen LogP contribution in [0.4, 0.5) is 0 Å². The van der Waals surface area contributed by atoms with Gasteiger partial charge in [-0.15, -0.1) is 0 Å². The van der Waals surface area contributed by atoms with Crippen molar-refractivity contribution in [2.75, 3.05) is 7.11 Å². The standard InChI is InChI=1S/C33H52O8/c1-21(9-14-29(35)36-5)25-12-13-26-24-11-10-23-20-33(40-38-32(39-41-33)15-7-6-8-16-32)18-17-30(23,3)27(24)19-28(31(25,26)4)37-22(2)34/h21,23-28H,6-20H2,1-5H3/t21-,23-,24+,25-,26+,27+,28+,30+,31-/m1/s1. The highest BCUT2D eigenvalue weighted by Crippen LogP contribution is 2.70. The summed E-state index contributed by atoms with van der Waals surface area (Å²) in [4.78, 5) is 48.6. The number of methoxy groups -OCH3 is 1. The minimum Gasteiger partial charge on any atom is -0.469 e. The normalized spacial score (nSPS) is 43.4. The molecule has 1 heterocycles. The molecule has 1 aliphatic heterocycles. The van der Waals surface area contributed by atoms with Crippen LogP contribution in [0.15, 0.2) is 0 Å². The van der Waals surface area contributed by atoms with Crippen molar-refractivity contribution in [1.29, 1.82) is 0 Å². The second-order valence-electron chi connectivity index (χ2n) is 15.1. The predicted octanol–water partition coefficient (Wildman–Crippen LogP) is 7.04. The monoisotopic (exact) mass is 576 g/mol. The molecular weight excluding hydrogens is 524 g/mol. The van der Waals surface area contributed by atoms with Gasteiger partial charge in [0, 0.05) is 44.4 Å². The Kier molecular flexibility index (Phi) is 8.04. The number of carbonyl (C=O) groups is 2. The average Bonchev–Trinajstić information content (AvgIpc) is 3.33. The van der Waals surface area contributed by atoms with Gasteiger partial charge in [0.15, 0.2) is 0 Å². The molecule has 0 aromatic carbocycles. The van der Waals surface area contributed by atoms with E-state index < -0.39 is 11.6 Å². The first-order valence-corrected chi connectivity index (χ1v) is 16.5. The summed E-state index contributed by atoms with van der Waals surface area (Å²) in [5.74, 6) is 0.956. The predicted molar refractivity (Wildman–Crippen MR) is 149 cm³/mol. The summed E-state index contributed by atoms with van der Waals surface area (Å²) in [5, 5.41) is 0. The Hall–Kier alpha value is -1.22. The van der Waals surface area contributed by atoms with E-state index in [1.54, 1.807) is 6.92 Å². The van der Waals surface area contributed by atoms with Crippen molar-refractivity contribution in [2.45, 2.75) is 142 Å². The van der Waals surface area contributed by atoms with Crippen LogP contribution in [0.5, 0.6) is 0 Å². The molecular formula is C33H52O8. The highest BCUT2D eigenvalue weighted by Gasteiger charge is 2.66. The van der Waals surface area contributed by atoms with Crippen LogP contribution in [-0.2, 0) is 38.6 Å². The third-order valence-corrected chi connectivity index (χ3v) is 13.1. The fraction of sp³-hybridized carbons (Fsp3) is 0.939. The number of ether oxygens (including phenoxy) is 2. The van der Waals surface area contributed by atoms with Crippen molar-refractivity contribution in [1.82, 2.24) is 0 Å². The van der Waals surface area contributed by atoms with E-state index in [0.29, 0.717) is 41.9 Å². The summed E-state index contributed by atoms with van der Waals surface area (Å²) in [6.07, 6.45) is 14.1. The number of hydrogen-bond acceptors (Lipinski definition) is 8. The summed E-state index contributed by atoms with van der Waals surface area (Å²) in [5.41, 5.74) is 0.0439. The molecule has 41 heavy (non-hydrogen) atoms. The number of hydrogen-bond donors (Lipinski definition) is 0. The first kappa shape index (κ1) is 29.8. The Morgan fingerprint density at radius 1 is 0.878 bits per heavy atom. The third kappa shape index (κ3) is 5.06. The lowest BCUT2D eigenvalue weighted by atomic mass is 9.43. The quantitative estimate of drug-likeness (QED) is 0.254. The van der Waals surface area contributed by atoms with E-state index in [4.69, 9.17) is 29.0 Å². The molecule has 6 rings (SSSR count). The molecule has 232 valence electrons. The molecule has 1 saturated heterocycles. The van der Waals surface area contributed by atoms with Gasteiger partial charge in [0.1, 0.15) is 6.10 Å². The van der Waals surface area contributed by atoms with Gasteiger partial charge >= 0.3 is 11.9 Å². The summed E-state index contributed by atoms with van der Waals surface area (Å²) in [7, 11) is 1.46. The van der Waals surface area contributed by atoms with Crippen molar-refractivity contribution < 1.29 is 38.6 Å². The van der Waals surface area contributed by atoms with Crippen molar-refractivity contribution in [3.63, 3.8) is 0 Å².